The molecule has 0 fully saturated rings. The summed E-state index contributed by atoms with van der Waals surface area (Å²) in [5, 5.41) is 14.5. The SMILES string of the molecule is CC(C)C[C@H](NC(=O)OCC1c2ccccc2-c2ccccc21)C(=O)NC(C)C(C)C(=O)O. The fourth-order valence-electron chi connectivity index (χ4n) is 4.15. The van der Waals surface area contributed by atoms with E-state index >= 15 is 0 Å². The van der Waals surface area contributed by atoms with E-state index in [1.807, 2.05) is 50.2 Å². The van der Waals surface area contributed by atoms with Gasteiger partial charge in [0, 0.05) is 12.0 Å². The van der Waals surface area contributed by atoms with Gasteiger partial charge >= 0.3 is 12.1 Å². The van der Waals surface area contributed by atoms with Gasteiger partial charge in [0.2, 0.25) is 5.91 Å². The summed E-state index contributed by atoms with van der Waals surface area (Å²) in [6, 6.07) is 14.8. The minimum Gasteiger partial charge on any atom is -0.481 e. The Labute approximate surface area is 194 Å². The van der Waals surface area contributed by atoms with Crippen LogP contribution < -0.4 is 10.6 Å². The number of rotatable bonds is 9. The van der Waals surface area contributed by atoms with Crippen molar-refractivity contribution in [1.29, 1.82) is 0 Å². The molecular weight excluding hydrogens is 420 g/mol. The smallest absolute Gasteiger partial charge is 0.407 e. The van der Waals surface area contributed by atoms with Gasteiger partial charge in [-0.25, -0.2) is 4.79 Å². The van der Waals surface area contributed by atoms with Crippen molar-refractivity contribution in [3.63, 3.8) is 0 Å². The Bertz CT molecular complexity index is 974. The predicted molar refractivity (Wildman–Crippen MR) is 126 cm³/mol. The molecule has 1 aliphatic carbocycles. The van der Waals surface area contributed by atoms with Crippen molar-refractivity contribution in [3.05, 3.63) is 59.7 Å². The van der Waals surface area contributed by atoms with Crippen LogP contribution in [0.15, 0.2) is 48.5 Å². The zero-order valence-electron chi connectivity index (χ0n) is 19.5. The number of aliphatic carboxylic acids is 1. The lowest BCUT2D eigenvalue weighted by Crippen LogP contribution is -2.51. The molecule has 1 aliphatic rings. The van der Waals surface area contributed by atoms with Crippen molar-refractivity contribution in [2.24, 2.45) is 11.8 Å². The quantitative estimate of drug-likeness (QED) is 0.530. The molecule has 3 atom stereocenters. The van der Waals surface area contributed by atoms with E-state index in [-0.39, 0.29) is 18.4 Å². The van der Waals surface area contributed by atoms with Crippen LogP contribution in [0.2, 0.25) is 0 Å². The second-order valence-electron chi connectivity index (χ2n) is 9.08. The summed E-state index contributed by atoms with van der Waals surface area (Å²) in [4.78, 5) is 36.6. The largest absolute Gasteiger partial charge is 0.481 e. The molecule has 0 spiro atoms. The number of ether oxygens (including phenoxy) is 1. The number of carboxylic acid groups (broad SMARTS) is 1. The number of carboxylic acids is 1. The third-order valence-corrected chi connectivity index (χ3v) is 6.17. The molecule has 0 heterocycles. The first-order valence-corrected chi connectivity index (χ1v) is 11.3. The van der Waals surface area contributed by atoms with Gasteiger partial charge in [-0.05, 0) is 48.4 Å². The van der Waals surface area contributed by atoms with Crippen LogP contribution in [-0.2, 0) is 14.3 Å². The maximum absolute atomic E-state index is 12.8. The summed E-state index contributed by atoms with van der Waals surface area (Å²) in [5.74, 6) is -2.09. The van der Waals surface area contributed by atoms with Crippen molar-refractivity contribution in [2.75, 3.05) is 6.61 Å². The molecule has 0 aliphatic heterocycles. The molecule has 0 radical (unpaired) electrons. The zero-order valence-corrected chi connectivity index (χ0v) is 19.5. The van der Waals surface area contributed by atoms with E-state index in [4.69, 9.17) is 9.84 Å². The lowest BCUT2D eigenvalue weighted by atomic mass is 9.98. The molecule has 176 valence electrons. The first-order chi connectivity index (χ1) is 15.7. The molecule has 0 bridgehead atoms. The fraction of sp³-hybridized carbons (Fsp3) is 0.423. The van der Waals surface area contributed by atoms with E-state index in [0.717, 1.165) is 22.3 Å². The molecule has 2 amide bonds. The van der Waals surface area contributed by atoms with Gasteiger partial charge in [0.25, 0.3) is 0 Å². The molecule has 2 aromatic rings. The number of hydrogen-bond donors (Lipinski definition) is 3. The zero-order chi connectivity index (χ0) is 24.1. The third kappa shape index (κ3) is 5.72. The minimum absolute atomic E-state index is 0.0723. The molecule has 0 saturated carbocycles. The number of nitrogens with one attached hydrogen (secondary N) is 2. The third-order valence-electron chi connectivity index (χ3n) is 6.17. The van der Waals surface area contributed by atoms with Crippen LogP contribution in [0, 0.1) is 11.8 Å². The number of alkyl carbamates (subject to hydrolysis) is 1. The summed E-state index contributed by atoms with van der Waals surface area (Å²) in [6.45, 7) is 7.22. The summed E-state index contributed by atoms with van der Waals surface area (Å²) in [7, 11) is 0. The van der Waals surface area contributed by atoms with Crippen molar-refractivity contribution >= 4 is 18.0 Å². The van der Waals surface area contributed by atoms with E-state index in [1.165, 1.54) is 6.92 Å². The molecular formula is C26H32N2O5. The van der Waals surface area contributed by atoms with Crippen molar-refractivity contribution in [1.82, 2.24) is 10.6 Å². The first-order valence-electron chi connectivity index (χ1n) is 11.3. The van der Waals surface area contributed by atoms with E-state index in [0.29, 0.717) is 6.42 Å². The molecule has 3 N–H and O–H groups in total. The van der Waals surface area contributed by atoms with Gasteiger partial charge in [-0.3, -0.25) is 9.59 Å². The van der Waals surface area contributed by atoms with Gasteiger partial charge in [-0.15, -0.1) is 0 Å². The lowest BCUT2D eigenvalue weighted by Gasteiger charge is -2.24. The summed E-state index contributed by atoms with van der Waals surface area (Å²) in [5.41, 5.74) is 4.50. The summed E-state index contributed by atoms with van der Waals surface area (Å²) < 4.78 is 5.57. The number of benzene rings is 2. The number of amides is 2. The van der Waals surface area contributed by atoms with Crippen LogP contribution in [0.3, 0.4) is 0 Å². The second kappa shape index (κ2) is 10.5. The Morgan fingerprint density at radius 2 is 1.45 bits per heavy atom. The van der Waals surface area contributed by atoms with Crippen molar-refractivity contribution in [2.45, 2.75) is 52.1 Å². The summed E-state index contributed by atoms with van der Waals surface area (Å²) >= 11 is 0. The van der Waals surface area contributed by atoms with Gasteiger partial charge in [-0.1, -0.05) is 62.4 Å². The minimum atomic E-state index is -0.993. The molecule has 0 saturated heterocycles. The molecule has 7 nitrogen and oxygen atoms in total. The van der Waals surface area contributed by atoms with E-state index in [9.17, 15) is 14.4 Å². The highest BCUT2D eigenvalue weighted by molar-refractivity contribution is 5.86. The first kappa shape index (κ1) is 24.3. The van der Waals surface area contributed by atoms with E-state index in [2.05, 4.69) is 22.8 Å². The predicted octanol–water partition coefficient (Wildman–Crippen LogP) is 4.17. The Balaban J connectivity index is 1.65. The number of hydrogen-bond acceptors (Lipinski definition) is 4. The van der Waals surface area contributed by atoms with E-state index in [1.54, 1.807) is 6.92 Å². The Morgan fingerprint density at radius 3 is 1.97 bits per heavy atom. The number of fused-ring (bicyclic) bond motifs is 3. The highest BCUT2D eigenvalue weighted by Gasteiger charge is 2.30. The standard InChI is InChI=1S/C26H32N2O5/c1-15(2)13-23(24(29)27-17(4)16(3)25(30)31)28-26(32)33-14-22-20-11-7-5-9-18(20)19-10-6-8-12-21(19)22/h5-12,15-17,22-23H,13-14H2,1-4H3,(H,27,29)(H,28,32)(H,30,31)/t16?,17?,23-/m0/s1. The van der Waals surface area contributed by atoms with Gasteiger partial charge in [0.1, 0.15) is 12.6 Å². The Morgan fingerprint density at radius 1 is 0.909 bits per heavy atom. The second-order valence-corrected chi connectivity index (χ2v) is 9.08. The average molecular weight is 453 g/mol. The molecule has 7 heteroatoms. The highest BCUT2D eigenvalue weighted by atomic mass is 16.5. The Kier molecular flexibility index (Phi) is 7.74. The summed E-state index contributed by atoms with van der Waals surface area (Å²) in [6.07, 6.45) is -0.263. The molecule has 2 unspecified atom stereocenters. The number of carbonyl (C=O) groups is 3. The normalized spacial score (nSPS) is 15.2. The number of carbonyl (C=O) groups excluding carboxylic acids is 2. The van der Waals surface area contributed by atoms with Crippen LogP contribution in [0.4, 0.5) is 4.79 Å². The van der Waals surface area contributed by atoms with Gasteiger partial charge in [0.05, 0.1) is 5.92 Å². The van der Waals surface area contributed by atoms with Gasteiger partial charge in [0.15, 0.2) is 0 Å². The molecule has 3 rings (SSSR count). The monoisotopic (exact) mass is 452 g/mol. The average Bonchev–Trinajstić information content (AvgIpc) is 3.10. The van der Waals surface area contributed by atoms with Crippen LogP contribution in [-0.4, -0.2) is 41.8 Å². The molecule has 2 aromatic carbocycles. The van der Waals surface area contributed by atoms with Gasteiger partial charge < -0.3 is 20.5 Å². The van der Waals surface area contributed by atoms with E-state index < -0.39 is 36.0 Å². The maximum Gasteiger partial charge on any atom is 0.407 e. The van der Waals surface area contributed by atoms with Crippen molar-refractivity contribution < 1.29 is 24.2 Å². The Hall–Kier alpha value is -3.35. The lowest BCUT2D eigenvalue weighted by molar-refractivity contribution is -0.142. The topological polar surface area (TPSA) is 105 Å². The van der Waals surface area contributed by atoms with Crippen LogP contribution >= 0.6 is 0 Å². The van der Waals surface area contributed by atoms with Crippen LogP contribution in [0.25, 0.3) is 11.1 Å². The van der Waals surface area contributed by atoms with Gasteiger partial charge in [-0.2, -0.15) is 0 Å². The van der Waals surface area contributed by atoms with Crippen LogP contribution in [0.1, 0.15) is 51.2 Å². The van der Waals surface area contributed by atoms with Crippen LogP contribution in [0.5, 0.6) is 0 Å². The highest BCUT2D eigenvalue weighted by Crippen LogP contribution is 2.44. The maximum atomic E-state index is 12.8. The molecule has 33 heavy (non-hydrogen) atoms. The van der Waals surface area contributed by atoms with Crippen molar-refractivity contribution in [3.8, 4) is 11.1 Å². The fourth-order valence-corrected chi connectivity index (χ4v) is 4.15. The molecule has 0 aromatic heterocycles.